The van der Waals surface area contributed by atoms with E-state index in [4.69, 9.17) is 16.9 Å². The van der Waals surface area contributed by atoms with Gasteiger partial charge in [-0.15, -0.1) is 11.6 Å². The van der Waals surface area contributed by atoms with Crippen molar-refractivity contribution in [3.8, 4) is 6.07 Å². The van der Waals surface area contributed by atoms with E-state index in [2.05, 4.69) is 0 Å². The predicted octanol–water partition coefficient (Wildman–Crippen LogP) is 2.87. The topological polar surface area (TPSA) is 23.8 Å². The molecule has 0 heterocycles. The van der Waals surface area contributed by atoms with E-state index in [0.717, 1.165) is 6.42 Å². The van der Waals surface area contributed by atoms with Crippen molar-refractivity contribution < 1.29 is 4.39 Å². The molecule has 0 bridgehead atoms. The van der Waals surface area contributed by atoms with Gasteiger partial charge < -0.3 is 0 Å². The fourth-order valence-corrected chi connectivity index (χ4v) is 1.21. The lowest BCUT2D eigenvalue weighted by Gasteiger charge is -2.00. The quantitative estimate of drug-likeness (QED) is 0.684. The van der Waals surface area contributed by atoms with Crippen molar-refractivity contribution in [3.05, 3.63) is 35.1 Å². The molecule has 0 aliphatic rings. The van der Waals surface area contributed by atoms with Crippen LogP contribution in [0.15, 0.2) is 18.2 Å². The first-order valence-electron chi connectivity index (χ1n) is 4.02. The van der Waals surface area contributed by atoms with E-state index in [0.29, 0.717) is 23.4 Å². The monoisotopic (exact) mass is 197 g/mol. The number of halogens is 2. The molecule has 0 aromatic heterocycles. The third-order valence-electron chi connectivity index (χ3n) is 1.76. The van der Waals surface area contributed by atoms with Crippen molar-refractivity contribution in [3.63, 3.8) is 0 Å². The van der Waals surface area contributed by atoms with Crippen LogP contribution in [0.3, 0.4) is 0 Å². The van der Waals surface area contributed by atoms with E-state index < -0.39 is 0 Å². The molecule has 1 aromatic rings. The van der Waals surface area contributed by atoms with Crippen molar-refractivity contribution in [2.24, 2.45) is 0 Å². The van der Waals surface area contributed by atoms with Gasteiger partial charge in [0.1, 0.15) is 5.82 Å². The summed E-state index contributed by atoms with van der Waals surface area (Å²) in [5, 5.41) is 8.49. The summed E-state index contributed by atoms with van der Waals surface area (Å²) in [5.41, 5.74) is 0.978. The maximum atomic E-state index is 13.2. The second kappa shape index (κ2) is 4.84. The van der Waals surface area contributed by atoms with Crippen molar-refractivity contribution in [2.75, 3.05) is 5.88 Å². The number of hydrogen-bond donors (Lipinski definition) is 0. The van der Waals surface area contributed by atoms with Crippen LogP contribution in [0.25, 0.3) is 0 Å². The van der Waals surface area contributed by atoms with Gasteiger partial charge >= 0.3 is 0 Å². The Hall–Kier alpha value is -1.07. The number of alkyl halides is 1. The fraction of sp³-hybridized carbons (Fsp3) is 0.300. The smallest absolute Gasteiger partial charge is 0.127 e. The number of aryl methyl sites for hydroxylation is 1. The molecule has 1 nitrogen and oxygen atoms in total. The van der Waals surface area contributed by atoms with E-state index in [-0.39, 0.29) is 5.82 Å². The SMILES string of the molecule is N#Cc1ccc(CCCCl)c(F)c1. The summed E-state index contributed by atoms with van der Waals surface area (Å²) < 4.78 is 13.2. The zero-order valence-corrected chi connectivity index (χ0v) is 7.81. The maximum Gasteiger partial charge on any atom is 0.127 e. The fourth-order valence-electron chi connectivity index (χ4n) is 1.08. The Morgan fingerprint density at radius 1 is 1.46 bits per heavy atom. The average Bonchev–Trinajstić information content (AvgIpc) is 2.16. The van der Waals surface area contributed by atoms with E-state index in [1.807, 2.05) is 6.07 Å². The van der Waals surface area contributed by atoms with Gasteiger partial charge in [0.05, 0.1) is 11.6 Å². The summed E-state index contributed by atoms with van der Waals surface area (Å²) in [6.07, 6.45) is 1.38. The standard InChI is InChI=1S/C10H9ClFN/c11-5-1-2-9-4-3-8(7-13)6-10(9)12/h3-4,6H,1-2,5H2. The van der Waals surface area contributed by atoms with Crippen molar-refractivity contribution in [1.82, 2.24) is 0 Å². The molecule has 0 saturated carbocycles. The molecular formula is C10H9ClFN. The molecule has 0 radical (unpaired) electrons. The lowest BCUT2D eigenvalue weighted by Crippen LogP contribution is -1.92. The normalized spacial score (nSPS) is 9.62. The number of nitriles is 1. The van der Waals surface area contributed by atoms with E-state index in [9.17, 15) is 4.39 Å². The van der Waals surface area contributed by atoms with E-state index in [1.54, 1.807) is 12.1 Å². The van der Waals surface area contributed by atoms with Gasteiger partial charge in [-0.3, -0.25) is 0 Å². The summed E-state index contributed by atoms with van der Waals surface area (Å²) in [4.78, 5) is 0. The molecule has 0 atom stereocenters. The third-order valence-corrected chi connectivity index (χ3v) is 2.03. The number of rotatable bonds is 3. The molecule has 0 aliphatic heterocycles. The molecule has 0 aliphatic carbocycles. The highest BCUT2D eigenvalue weighted by atomic mass is 35.5. The highest BCUT2D eigenvalue weighted by Crippen LogP contribution is 2.12. The third kappa shape index (κ3) is 2.71. The van der Waals surface area contributed by atoms with Crippen LogP contribution >= 0.6 is 11.6 Å². The van der Waals surface area contributed by atoms with Crippen LogP contribution < -0.4 is 0 Å². The van der Waals surface area contributed by atoms with Gasteiger partial charge in [-0.25, -0.2) is 4.39 Å². The molecule has 3 heteroatoms. The molecular weight excluding hydrogens is 189 g/mol. The van der Waals surface area contributed by atoms with Gasteiger partial charge in [-0.1, -0.05) is 6.07 Å². The molecule has 1 aromatic carbocycles. The highest BCUT2D eigenvalue weighted by Gasteiger charge is 2.02. The first-order chi connectivity index (χ1) is 6.27. The van der Waals surface area contributed by atoms with Crippen LogP contribution in [0.2, 0.25) is 0 Å². The van der Waals surface area contributed by atoms with Gasteiger partial charge in [0.25, 0.3) is 0 Å². The second-order valence-electron chi connectivity index (χ2n) is 2.71. The first-order valence-corrected chi connectivity index (χ1v) is 4.56. The lowest BCUT2D eigenvalue weighted by atomic mass is 10.1. The Labute approximate surface area is 81.8 Å². The lowest BCUT2D eigenvalue weighted by molar-refractivity contribution is 0.607. The summed E-state index contributed by atoms with van der Waals surface area (Å²) >= 11 is 5.49. The highest BCUT2D eigenvalue weighted by molar-refractivity contribution is 6.17. The number of benzene rings is 1. The molecule has 0 unspecified atom stereocenters. The van der Waals surface area contributed by atoms with Gasteiger partial charge in [-0.2, -0.15) is 5.26 Å². The number of nitrogens with zero attached hydrogens (tertiary/aromatic N) is 1. The Morgan fingerprint density at radius 2 is 2.23 bits per heavy atom. The zero-order chi connectivity index (χ0) is 9.68. The molecule has 0 amide bonds. The van der Waals surface area contributed by atoms with Gasteiger partial charge in [-0.05, 0) is 30.5 Å². The average molecular weight is 198 g/mol. The molecule has 68 valence electrons. The minimum Gasteiger partial charge on any atom is -0.207 e. The minimum absolute atomic E-state index is 0.316. The zero-order valence-electron chi connectivity index (χ0n) is 7.06. The summed E-state index contributed by atoms with van der Waals surface area (Å²) in [6.45, 7) is 0. The van der Waals surface area contributed by atoms with E-state index in [1.165, 1.54) is 6.07 Å². The molecule has 13 heavy (non-hydrogen) atoms. The first kappa shape index (κ1) is 10.0. The predicted molar refractivity (Wildman–Crippen MR) is 50.2 cm³/mol. The largest absolute Gasteiger partial charge is 0.207 e. The summed E-state index contributed by atoms with van der Waals surface area (Å²) in [7, 11) is 0. The van der Waals surface area contributed by atoms with Gasteiger partial charge in [0.15, 0.2) is 0 Å². The summed E-state index contributed by atoms with van der Waals surface area (Å²) in [5.74, 6) is 0.212. The van der Waals surface area contributed by atoms with E-state index >= 15 is 0 Å². The van der Waals surface area contributed by atoms with Gasteiger partial charge in [0, 0.05) is 5.88 Å². The molecule has 0 saturated heterocycles. The Bertz CT molecular complexity index is 330. The molecule has 0 fully saturated rings. The van der Waals surface area contributed by atoms with Crippen molar-refractivity contribution in [1.29, 1.82) is 5.26 Å². The molecule has 0 N–H and O–H groups in total. The summed E-state index contributed by atoms with van der Waals surface area (Å²) in [6, 6.07) is 6.40. The van der Waals surface area contributed by atoms with Crippen LogP contribution in [0, 0.1) is 17.1 Å². The van der Waals surface area contributed by atoms with Crippen LogP contribution in [0.1, 0.15) is 17.5 Å². The van der Waals surface area contributed by atoms with Gasteiger partial charge in [0.2, 0.25) is 0 Å². The molecule has 1 rings (SSSR count). The number of hydrogen-bond acceptors (Lipinski definition) is 1. The van der Waals surface area contributed by atoms with Crippen molar-refractivity contribution in [2.45, 2.75) is 12.8 Å². The van der Waals surface area contributed by atoms with Crippen LogP contribution in [-0.4, -0.2) is 5.88 Å². The van der Waals surface area contributed by atoms with Crippen molar-refractivity contribution >= 4 is 11.6 Å². The minimum atomic E-state index is -0.316. The van der Waals surface area contributed by atoms with Crippen LogP contribution in [0.5, 0.6) is 0 Å². The van der Waals surface area contributed by atoms with Crippen LogP contribution in [0.4, 0.5) is 4.39 Å². The van der Waals surface area contributed by atoms with Crippen LogP contribution in [-0.2, 0) is 6.42 Å². The Balaban J connectivity index is 2.81. The Kier molecular flexibility index (Phi) is 3.72. The molecule has 0 spiro atoms. The Morgan fingerprint density at radius 3 is 2.77 bits per heavy atom. The maximum absolute atomic E-state index is 13.2. The second-order valence-corrected chi connectivity index (χ2v) is 3.09.